The van der Waals surface area contributed by atoms with Crippen LogP contribution in [0.25, 0.3) is 11.5 Å². The fraction of sp³-hybridized carbons (Fsp3) is 0.500. The van der Waals surface area contributed by atoms with E-state index in [-0.39, 0.29) is 6.09 Å². The molecule has 2 fully saturated rings. The molecule has 0 unspecified atom stereocenters. The van der Waals surface area contributed by atoms with Crippen molar-refractivity contribution in [2.45, 2.75) is 25.0 Å². The number of hydrogen-bond acceptors (Lipinski definition) is 7. The van der Waals surface area contributed by atoms with E-state index in [2.05, 4.69) is 20.1 Å². The first kappa shape index (κ1) is 15.1. The van der Waals surface area contributed by atoms with Crippen LogP contribution in [0, 0.1) is 0 Å². The molecule has 2 aromatic heterocycles. The predicted molar refractivity (Wildman–Crippen MR) is 83.9 cm³/mol. The molecule has 2 saturated heterocycles. The van der Waals surface area contributed by atoms with E-state index in [1.807, 2.05) is 12.1 Å². The Bertz CT molecular complexity index is 734. The van der Waals surface area contributed by atoms with Crippen LogP contribution < -0.4 is 0 Å². The zero-order valence-electron chi connectivity index (χ0n) is 13.5. The molecule has 1 atom stereocenters. The molecule has 24 heavy (non-hydrogen) atoms. The molecular weight excluding hydrogens is 310 g/mol. The largest absolute Gasteiger partial charge is 0.440 e. The molecule has 0 aromatic carbocycles. The van der Waals surface area contributed by atoms with Gasteiger partial charge < -0.3 is 14.1 Å². The van der Waals surface area contributed by atoms with E-state index in [1.165, 1.54) is 0 Å². The summed E-state index contributed by atoms with van der Waals surface area (Å²) in [6.07, 6.45) is 5.03. The summed E-state index contributed by atoms with van der Waals surface area (Å²) in [7, 11) is 1.77. The molecule has 126 valence electrons. The summed E-state index contributed by atoms with van der Waals surface area (Å²) in [5.74, 6) is 1.03. The summed E-state index contributed by atoms with van der Waals surface area (Å²) in [4.78, 5) is 19.6. The van der Waals surface area contributed by atoms with Gasteiger partial charge in [0, 0.05) is 26.0 Å². The minimum absolute atomic E-state index is 0.242. The number of rotatable bonds is 3. The number of carbonyl (C=O) groups excluding carboxylic acids is 1. The van der Waals surface area contributed by atoms with Gasteiger partial charge in [-0.1, -0.05) is 0 Å². The van der Waals surface area contributed by atoms with E-state index in [0.29, 0.717) is 31.4 Å². The first-order chi connectivity index (χ1) is 11.6. The quantitative estimate of drug-likeness (QED) is 0.844. The van der Waals surface area contributed by atoms with Crippen LogP contribution in [0.2, 0.25) is 0 Å². The van der Waals surface area contributed by atoms with Crippen LogP contribution in [0.3, 0.4) is 0 Å². The minimum atomic E-state index is -0.406. The number of likely N-dealkylation sites (N-methyl/N-ethyl adjacent to an activating group) is 1. The normalized spacial score (nSPS) is 24.5. The highest BCUT2D eigenvalue weighted by Crippen LogP contribution is 2.32. The molecular formula is C16H19N5O3. The molecule has 8 nitrogen and oxygen atoms in total. The maximum atomic E-state index is 11.7. The van der Waals surface area contributed by atoms with Gasteiger partial charge in [0.05, 0.1) is 18.7 Å². The summed E-state index contributed by atoms with van der Waals surface area (Å²) in [6.45, 7) is 2.80. The number of amides is 1. The van der Waals surface area contributed by atoms with Gasteiger partial charge in [0.25, 0.3) is 0 Å². The number of pyridine rings is 1. The summed E-state index contributed by atoms with van der Waals surface area (Å²) in [5.41, 5.74) is 0.397. The van der Waals surface area contributed by atoms with Crippen molar-refractivity contribution < 1.29 is 13.9 Å². The third kappa shape index (κ3) is 2.84. The molecule has 2 aromatic rings. The highest BCUT2D eigenvalue weighted by Gasteiger charge is 2.46. The average Bonchev–Trinajstić information content (AvgIpc) is 3.14. The first-order valence-electron chi connectivity index (χ1n) is 8.03. The molecule has 0 bridgehead atoms. The average molecular weight is 329 g/mol. The summed E-state index contributed by atoms with van der Waals surface area (Å²) in [6, 6.07) is 3.71. The fourth-order valence-corrected chi connectivity index (χ4v) is 3.44. The summed E-state index contributed by atoms with van der Waals surface area (Å²) in [5, 5.41) is 8.22. The molecule has 0 aliphatic carbocycles. The molecule has 0 saturated carbocycles. The van der Waals surface area contributed by atoms with Crippen molar-refractivity contribution in [2.24, 2.45) is 0 Å². The Morgan fingerprint density at radius 2 is 2.25 bits per heavy atom. The topological polar surface area (TPSA) is 84.6 Å². The Morgan fingerprint density at radius 3 is 3.00 bits per heavy atom. The van der Waals surface area contributed by atoms with Crippen LogP contribution in [0.15, 0.2) is 28.9 Å². The van der Waals surface area contributed by atoms with Crippen LogP contribution >= 0.6 is 0 Å². The minimum Gasteiger partial charge on any atom is -0.440 e. The van der Waals surface area contributed by atoms with Crippen molar-refractivity contribution >= 4 is 6.09 Å². The number of likely N-dealkylation sites (tertiary alicyclic amines) is 1. The maximum Gasteiger partial charge on any atom is 0.410 e. The number of aromatic nitrogens is 3. The Kier molecular flexibility index (Phi) is 3.68. The molecule has 2 aliphatic heterocycles. The van der Waals surface area contributed by atoms with Gasteiger partial charge in [0.15, 0.2) is 0 Å². The molecule has 0 radical (unpaired) electrons. The number of carbonyl (C=O) groups is 1. The lowest BCUT2D eigenvalue weighted by molar-refractivity contribution is -0.0134. The lowest BCUT2D eigenvalue weighted by Gasteiger charge is -2.37. The first-order valence-corrected chi connectivity index (χ1v) is 8.03. The van der Waals surface area contributed by atoms with Crippen LogP contribution in [-0.2, 0) is 11.3 Å². The predicted octanol–water partition coefficient (Wildman–Crippen LogP) is 1.55. The maximum absolute atomic E-state index is 11.7. The number of hydrogen-bond donors (Lipinski definition) is 0. The second-order valence-electron chi connectivity index (χ2n) is 6.46. The van der Waals surface area contributed by atoms with Crippen LogP contribution in [-0.4, -0.2) is 63.4 Å². The SMILES string of the molecule is CN1C[C@]2(CCCN(Cc3nnc(-c4cccnc4)o3)C2)OC1=O. The Balaban J connectivity index is 1.44. The number of piperidine rings is 1. The third-order valence-corrected chi connectivity index (χ3v) is 4.49. The van der Waals surface area contributed by atoms with E-state index in [0.717, 1.165) is 24.9 Å². The van der Waals surface area contributed by atoms with E-state index in [1.54, 1.807) is 24.3 Å². The van der Waals surface area contributed by atoms with Crippen molar-refractivity contribution in [1.29, 1.82) is 0 Å². The van der Waals surface area contributed by atoms with Crippen molar-refractivity contribution in [3.63, 3.8) is 0 Å². The molecule has 0 N–H and O–H groups in total. The van der Waals surface area contributed by atoms with Gasteiger partial charge in [-0.05, 0) is 31.5 Å². The van der Waals surface area contributed by atoms with E-state index < -0.39 is 5.60 Å². The highest BCUT2D eigenvalue weighted by molar-refractivity contribution is 5.70. The van der Waals surface area contributed by atoms with Gasteiger partial charge >= 0.3 is 6.09 Å². The standard InChI is InChI=1S/C16H19N5O3/c1-20-10-16(24-15(20)22)5-3-7-21(11-16)9-13-18-19-14(23-13)12-4-2-6-17-8-12/h2,4,6,8H,3,5,7,9-11H2,1H3/t16-/m0/s1. The smallest absolute Gasteiger partial charge is 0.410 e. The zero-order chi connectivity index (χ0) is 16.6. The van der Waals surface area contributed by atoms with Gasteiger partial charge in [-0.15, -0.1) is 10.2 Å². The molecule has 1 spiro atoms. The highest BCUT2D eigenvalue weighted by atomic mass is 16.6. The molecule has 1 amide bonds. The molecule has 8 heteroatoms. The zero-order valence-corrected chi connectivity index (χ0v) is 13.5. The van der Waals surface area contributed by atoms with Crippen LogP contribution in [0.4, 0.5) is 4.79 Å². The Morgan fingerprint density at radius 1 is 1.33 bits per heavy atom. The molecule has 2 aliphatic rings. The lowest BCUT2D eigenvalue weighted by atomic mass is 9.93. The van der Waals surface area contributed by atoms with Gasteiger partial charge in [-0.3, -0.25) is 9.88 Å². The third-order valence-electron chi connectivity index (χ3n) is 4.49. The Labute approximate surface area is 139 Å². The Hall–Kier alpha value is -2.48. The number of nitrogens with zero attached hydrogens (tertiary/aromatic N) is 5. The van der Waals surface area contributed by atoms with Gasteiger partial charge in [0.2, 0.25) is 11.8 Å². The van der Waals surface area contributed by atoms with E-state index in [9.17, 15) is 4.79 Å². The van der Waals surface area contributed by atoms with Crippen molar-refractivity contribution in [2.75, 3.05) is 26.7 Å². The summed E-state index contributed by atoms with van der Waals surface area (Å²) < 4.78 is 11.4. The number of ether oxygens (including phenoxy) is 1. The molecule has 4 heterocycles. The second kappa shape index (κ2) is 5.86. The van der Waals surface area contributed by atoms with E-state index >= 15 is 0 Å². The monoisotopic (exact) mass is 329 g/mol. The lowest BCUT2D eigenvalue weighted by Crippen LogP contribution is -2.50. The van der Waals surface area contributed by atoms with Crippen molar-refractivity contribution in [1.82, 2.24) is 25.0 Å². The van der Waals surface area contributed by atoms with E-state index in [4.69, 9.17) is 9.15 Å². The molecule has 4 rings (SSSR count). The van der Waals surface area contributed by atoms with Crippen LogP contribution in [0.5, 0.6) is 0 Å². The second-order valence-corrected chi connectivity index (χ2v) is 6.46. The van der Waals surface area contributed by atoms with Crippen molar-refractivity contribution in [3.05, 3.63) is 30.4 Å². The van der Waals surface area contributed by atoms with Gasteiger partial charge in [-0.25, -0.2) is 4.79 Å². The fourth-order valence-electron chi connectivity index (χ4n) is 3.44. The van der Waals surface area contributed by atoms with Crippen LogP contribution in [0.1, 0.15) is 18.7 Å². The van der Waals surface area contributed by atoms with Gasteiger partial charge in [-0.2, -0.15) is 0 Å². The summed E-state index contributed by atoms with van der Waals surface area (Å²) >= 11 is 0. The van der Waals surface area contributed by atoms with Gasteiger partial charge in [0.1, 0.15) is 5.60 Å². The van der Waals surface area contributed by atoms with Crippen molar-refractivity contribution in [3.8, 4) is 11.5 Å².